The van der Waals surface area contributed by atoms with E-state index in [1.807, 2.05) is 11.3 Å². The molecule has 0 aromatic carbocycles. The first kappa shape index (κ1) is 15.5. The normalized spacial score (nSPS) is 23.1. The summed E-state index contributed by atoms with van der Waals surface area (Å²) in [6.07, 6.45) is 2.94. The Kier molecular flexibility index (Phi) is 4.86. The van der Waals surface area contributed by atoms with E-state index in [0.29, 0.717) is 5.92 Å². The molecular formula is C16H25NO2S. The van der Waals surface area contributed by atoms with Crippen LogP contribution < -0.4 is 5.32 Å². The number of nitrogens with one attached hydrogen (secondary N) is 1. The van der Waals surface area contributed by atoms with E-state index in [-0.39, 0.29) is 11.3 Å². The zero-order valence-corrected chi connectivity index (χ0v) is 13.4. The van der Waals surface area contributed by atoms with Crippen molar-refractivity contribution in [3.8, 4) is 0 Å². The molecule has 0 spiro atoms. The van der Waals surface area contributed by atoms with Crippen LogP contribution in [0.4, 0.5) is 0 Å². The Balaban J connectivity index is 1.81. The molecule has 0 saturated heterocycles. The summed E-state index contributed by atoms with van der Waals surface area (Å²) in [6, 6.07) is 4.39. The fourth-order valence-electron chi connectivity index (χ4n) is 2.86. The average molecular weight is 295 g/mol. The van der Waals surface area contributed by atoms with Gasteiger partial charge in [-0.1, -0.05) is 27.2 Å². The first-order valence-corrected chi connectivity index (χ1v) is 8.22. The van der Waals surface area contributed by atoms with E-state index in [1.165, 1.54) is 9.75 Å². The third-order valence-electron chi connectivity index (χ3n) is 4.08. The number of aliphatic carboxylic acids is 1. The maximum atomic E-state index is 11.1. The molecule has 2 atom stereocenters. The summed E-state index contributed by atoms with van der Waals surface area (Å²) < 4.78 is 0. The fraction of sp³-hybridized carbons (Fsp3) is 0.688. The first-order valence-electron chi connectivity index (χ1n) is 7.40. The summed E-state index contributed by atoms with van der Waals surface area (Å²) >= 11 is 1.85. The minimum atomic E-state index is -0.625. The van der Waals surface area contributed by atoms with Gasteiger partial charge in [0.15, 0.2) is 0 Å². The van der Waals surface area contributed by atoms with E-state index in [2.05, 4.69) is 38.2 Å². The molecule has 0 aliphatic heterocycles. The highest BCUT2D eigenvalue weighted by Crippen LogP contribution is 2.32. The minimum Gasteiger partial charge on any atom is -0.481 e. The van der Waals surface area contributed by atoms with Gasteiger partial charge in [0.25, 0.3) is 0 Å². The quantitative estimate of drug-likeness (QED) is 0.872. The number of thiophene rings is 1. The van der Waals surface area contributed by atoms with E-state index in [0.717, 1.165) is 32.4 Å². The van der Waals surface area contributed by atoms with Gasteiger partial charge in [0, 0.05) is 16.3 Å². The van der Waals surface area contributed by atoms with Gasteiger partial charge in [-0.15, -0.1) is 11.3 Å². The largest absolute Gasteiger partial charge is 0.481 e. The Morgan fingerprint density at radius 3 is 2.75 bits per heavy atom. The second-order valence-corrected chi connectivity index (χ2v) is 7.95. The van der Waals surface area contributed by atoms with E-state index >= 15 is 0 Å². The van der Waals surface area contributed by atoms with Gasteiger partial charge in [-0.3, -0.25) is 4.79 Å². The van der Waals surface area contributed by atoms with Crippen molar-refractivity contribution in [1.29, 1.82) is 0 Å². The lowest BCUT2D eigenvalue weighted by Gasteiger charge is -2.16. The molecule has 1 saturated carbocycles. The Hall–Kier alpha value is -0.870. The predicted octanol–water partition coefficient (Wildman–Crippen LogP) is 3.64. The van der Waals surface area contributed by atoms with Crippen molar-refractivity contribution in [1.82, 2.24) is 5.32 Å². The van der Waals surface area contributed by atoms with Crippen LogP contribution in [0.25, 0.3) is 0 Å². The molecule has 1 aromatic heterocycles. The summed E-state index contributed by atoms with van der Waals surface area (Å²) in [5, 5.41) is 12.6. The Labute approximate surface area is 125 Å². The molecule has 1 aliphatic carbocycles. The monoisotopic (exact) mass is 295 g/mol. The van der Waals surface area contributed by atoms with Gasteiger partial charge in [-0.05, 0) is 42.9 Å². The number of rotatable bonds is 5. The molecule has 0 amide bonds. The van der Waals surface area contributed by atoms with Crippen LogP contribution in [0, 0.1) is 11.8 Å². The van der Waals surface area contributed by atoms with E-state index < -0.39 is 5.97 Å². The van der Waals surface area contributed by atoms with E-state index in [9.17, 15) is 4.79 Å². The lowest BCUT2D eigenvalue weighted by molar-refractivity contribution is -0.142. The molecule has 1 aliphatic rings. The second kappa shape index (κ2) is 6.27. The molecule has 0 radical (unpaired) electrons. The van der Waals surface area contributed by atoms with Gasteiger partial charge in [-0.2, -0.15) is 0 Å². The number of hydrogen-bond donors (Lipinski definition) is 2. The highest BCUT2D eigenvalue weighted by molar-refractivity contribution is 7.12. The molecule has 2 N–H and O–H groups in total. The number of carboxylic acid groups (broad SMARTS) is 1. The number of hydrogen-bond acceptors (Lipinski definition) is 3. The highest BCUT2D eigenvalue weighted by atomic mass is 32.1. The molecule has 1 aromatic rings. The Bertz CT molecular complexity index is 461. The summed E-state index contributed by atoms with van der Waals surface area (Å²) in [7, 11) is 0. The number of carboxylic acids is 1. The molecule has 3 nitrogen and oxygen atoms in total. The van der Waals surface area contributed by atoms with Crippen LogP contribution in [0.15, 0.2) is 12.1 Å². The smallest absolute Gasteiger partial charge is 0.306 e. The maximum absolute atomic E-state index is 11.1. The van der Waals surface area contributed by atoms with Gasteiger partial charge in [0.1, 0.15) is 0 Å². The molecule has 112 valence electrons. The van der Waals surface area contributed by atoms with Crippen LogP contribution in [-0.4, -0.2) is 17.6 Å². The topological polar surface area (TPSA) is 49.3 Å². The summed E-state index contributed by atoms with van der Waals surface area (Å²) in [5.41, 5.74) is 0.211. The van der Waals surface area contributed by atoms with Gasteiger partial charge in [0.05, 0.1) is 5.92 Å². The van der Waals surface area contributed by atoms with Crippen LogP contribution in [-0.2, 0) is 16.8 Å². The zero-order valence-electron chi connectivity index (χ0n) is 12.6. The standard InChI is InChI=1S/C16H25NO2S/c1-16(2,3)14-8-7-12(20-14)10-17-9-11-5-4-6-13(11)15(18)19/h7-8,11,13,17H,4-6,9-10H2,1-3H3,(H,18,19). The van der Waals surface area contributed by atoms with Crippen molar-refractivity contribution in [3.63, 3.8) is 0 Å². The molecular weight excluding hydrogens is 270 g/mol. The predicted molar refractivity (Wildman–Crippen MR) is 83.2 cm³/mol. The second-order valence-electron chi connectivity index (χ2n) is 6.78. The Morgan fingerprint density at radius 1 is 1.40 bits per heavy atom. The number of carbonyl (C=O) groups is 1. The SMILES string of the molecule is CC(C)(C)c1ccc(CNCC2CCCC2C(=O)O)s1. The average Bonchev–Trinajstić information content (AvgIpc) is 2.96. The fourth-order valence-corrected chi connectivity index (χ4v) is 3.90. The van der Waals surface area contributed by atoms with Crippen molar-refractivity contribution in [2.75, 3.05) is 6.54 Å². The zero-order chi connectivity index (χ0) is 14.8. The molecule has 20 heavy (non-hydrogen) atoms. The molecule has 0 bridgehead atoms. The maximum Gasteiger partial charge on any atom is 0.306 e. The van der Waals surface area contributed by atoms with E-state index in [4.69, 9.17) is 5.11 Å². The van der Waals surface area contributed by atoms with Crippen molar-refractivity contribution >= 4 is 17.3 Å². The van der Waals surface area contributed by atoms with Gasteiger partial charge in [-0.25, -0.2) is 0 Å². The molecule has 1 heterocycles. The lowest BCUT2D eigenvalue weighted by Crippen LogP contribution is -2.28. The van der Waals surface area contributed by atoms with Crippen LogP contribution in [0.5, 0.6) is 0 Å². The summed E-state index contributed by atoms with van der Waals surface area (Å²) in [5.74, 6) is -0.467. The van der Waals surface area contributed by atoms with Gasteiger partial charge in [0.2, 0.25) is 0 Å². The highest BCUT2D eigenvalue weighted by Gasteiger charge is 2.32. The molecule has 1 fully saturated rings. The first-order chi connectivity index (χ1) is 9.38. The molecule has 2 rings (SSSR count). The van der Waals surface area contributed by atoms with E-state index in [1.54, 1.807) is 0 Å². The van der Waals surface area contributed by atoms with Gasteiger partial charge >= 0.3 is 5.97 Å². The summed E-state index contributed by atoms with van der Waals surface area (Å²) in [4.78, 5) is 13.9. The van der Waals surface area contributed by atoms with Crippen molar-refractivity contribution in [3.05, 3.63) is 21.9 Å². The Morgan fingerprint density at radius 2 is 2.15 bits per heavy atom. The van der Waals surface area contributed by atoms with Crippen LogP contribution in [0.2, 0.25) is 0 Å². The molecule has 4 heteroatoms. The third kappa shape index (κ3) is 3.83. The van der Waals surface area contributed by atoms with Crippen LogP contribution in [0.1, 0.15) is 49.8 Å². The van der Waals surface area contributed by atoms with Crippen LogP contribution >= 0.6 is 11.3 Å². The third-order valence-corrected chi connectivity index (χ3v) is 5.59. The molecule has 2 unspecified atom stereocenters. The van der Waals surface area contributed by atoms with Gasteiger partial charge < -0.3 is 10.4 Å². The van der Waals surface area contributed by atoms with Crippen molar-refractivity contribution < 1.29 is 9.90 Å². The van der Waals surface area contributed by atoms with Crippen molar-refractivity contribution in [2.45, 2.75) is 52.0 Å². The van der Waals surface area contributed by atoms with Crippen molar-refractivity contribution in [2.24, 2.45) is 11.8 Å². The minimum absolute atomic E-state index is 0.143. The van der Waals surface area contributed by atoms with Crippen LogP contribution in [0.3, 0.4) is 0 Å². The lowest BCUT2D eigenvalue weighted by atomic mass is 9.95. The summed E-state index contributed by atoms with van der Waals surface area (Å²) in [6.45, 7) is 8.35.